The molecule has 3 saturated heterocycles. The largest absolute Gasteiger partial charge is 0.492 e. The molecule has 804 valence electrons. The topological polar surface area (TPSA) is 185 Å². The van der Waals surface area contributed by atoms with Gasteiger partial charge in [0.15, 0.2) is 0 Å². The van der Waals surface area contributed by atoms with Gasteiger partial charge in [-0.1, -0.05) is 231 Å². The van der Waals surface area contributed by atoms with Crippen LogP contribution < -0.4 is 37.9 Å². The predicted octanol–water partition coefficient (Wildman–Crippen LogP) is 29.7. The van der Waals surface area contributed by atoms with Crippen molar-refractivity contribution in [2.24, 2.45) is 0 Å². The van der Waals surface area contributed by atoms with Crippen LogP contribution in [0.15, 0.2) is 170 Å². The summed E-state index contributed by atoms with van der Waals surface area (Å²) in [6.45, 7) is 54.3. The van der Waals surface area contributed by atoms with Crippen LogP contribution in [0, 0.1) is 0 Å². The Morgan fingerprint density at radius 2 is 0.552 bits per heavy atom. The third kappa shape index (κ3) is 50.4. The fourth-order valence-corrected chi connectivity index (χ4v) is 15.4. The van der Waals surface area contributed by atoms with Crippen molar-refractivity contribution in [1.29, 1.82) is 0 Å². The van der Waals surface area contributed by atoms with Crippen molar-refractivity contribution in [3.8, 4) is 46.0 Å². The Hall–Kier alpha value is -8.86. The first-order valence-electron chi connectivity index (χ1n) is 52.1. The number of rotatable bonds is 42. The number of nitrogens with zero attached hydrogens (tertiary/aromatic N) is 3. The number of hydrogen-bond acceptors (Lipinski definition) is 16. The zero-order valence-electron chi connectivity index (χ0n) is 89.4. The van der Waals surface area contributed by atoms with Crippen molar-refractivity contribution in [3.05, 3.63) is 237 Å². The number of aliphatic hydroxyl groups excluding tert-OH is 5. The minimum absolute atomic E-state index is 0.00514. The summed E-state index contributed by atoms with van der Waals surface area (Å²) in [4.78, 5) is 7.26. The maximum atomic E-state index is 13.0. The summed E-state index contributed by atoms with van der Waals surface area (Å²) in [7, 11) is 0. The summed E-state index contributed by atoms with van der Waals surface area (Å²) in [6.07, 6.45) is -1.06. The molecule has 3 fully saturated rings. The molecule has 0 aromatic heterocycles. The van der Waals surface area contributed by atoms with E-state index in [-0.39, 0.29) is 77.6 Å². The molecule has 11 rings (SSSR count). The maximum absolute atomic E-state index is 13.0. The first-order chi connectivity index (χ1) is 67.8. The molecule has 0 amide bonds. The molecule has 0 spiro atoms. The monoisotopic (exact) mass is 2020 g/mol. The number of halogens is 10. The van der Waals surface area contributed by atoms with E-state index in [9.17, 15) is 69.4 Å². The number of likely N-dealkylation sites (tertiary alicyclic amines) is 3. The maximum Gasteiger partial charge on any atom is 0.416 e. The van der Waals surface area contributed by atoms with Crippen LogP contribution in [0.5, 0.6) is 46.0 Å². The standard InChI is InChI=1S/C17H24F3NO.C17H25F2NO.C16H25NO.C14H19F3O2.C14H20F2O2.3C13H20O2/c1-13(2)15-12-14(6-7-16(15)17(18,19)20)22-11-10-21-8-4-3-5-9-21;1-13(2)16-12-14(6-7-15(16)17(18)19)21-11-10-20-8-4-3-5-9-20;1-14(2)15-7-6-8-16(13-15)18-12-11-17-9-4-3-5-10-17;1-4-10(18)8-19-11-5-6-12(9(2)3)13(7-11)14(15,16)17;1-4-10(17)8-18-11-5-6-12(9(2)3)13(7-11)14(15)16;1-4-12(14)9-15-13-7-5-11(6-8-13)10(2)3;1-4-12(14)9-15-13-7-5-6-11(8-13)10(2)3;1-4-11(14)9-15-13-8-6-5-7-12(13)10(2)3/h6-7,12-13H,3-5,8-11H2,1-2H3;6-7,12-13,17H,3-5,8-11H2,1-2H3;6-8,13-14H,3-5,9-12H2,1-2H3;5-7,9-10,18H,4,8H2,1-3H3;5-7,9-10,14,17H,4,8H2,1-3H3;2*5-8,10,12,14H,4,9H2,1-3H3;5-8,10-11,14H,4,9H2,1-3H3. The van der Waals surface area contributed by atoms with Crippen molar-refractivity contribution < 1.29 is 107 Å². The van der Waals surface area contributed by atoms with Crippen molar-refractivity contribution >= 4 is 0 Å². The van der Waals surface area contributed by atoms with Crippen molar-refractivity contribution in [2.75, 3.05) is 112 Å². The Morgan fingerprint density at radius 1 is 0.252 bits per heavy atom. The fourth-order valence-electron chi connectivity index (χ4n) is 15.4. The van der Waals surface area contributed by atoms with Gasteiger partial charge in [0.2, 0.25) is 0 Å². The quantitative estimate of drug-likeness (QED) is 0.0227. The van der Waals surface area contributed by atoms with Gasteiger partial charge in [-0.25, -0.2) is 17.6 Å². The van der Waals surface area contributed by atoms with Gasteiger partial charge in [0.25, 0.3) is 12.9 Å². The molecule has 16 nitrogen and oxygen atoms in total. The lowest BCUT2D eigenvalue weighted by molar-refractivity contribution is -0.139. The van der Waals surface area contributed by atoms with E-state index in [1.54, 1.807) is 58.9 Å². The lowest BCUT2D eigenvalue weighted by Crippen LogP contribution is -2.33. The van der Waals surface area contributed by atoms with Crippen molar-refractivity contribution in [2.45, 2.75) is 338 Å². The van der Waals surface area contributed by atoms with Gasteiger partial charge in [-0.2, -0.15) is 26.3 Å². The first kappa shape index (κ1) is 126. The summed E-state index contributed by atoms with van der Waals surface area (Å²) < 4.78 is 174. The van der Waals surface area contributed by atoms with Crippen LogP contribution in [0.3, 0.4) is 0 Å². The SMILES string of the molecule is CC(C)c1cc(OCCN2CCCCC2)ccc1C(F)(F)F.CC(C)c1cc(OCCN2CCCCC2)ccc1C(F)F.CC(C)c1cccc(OCCN2CCCCC2)c1.CCC(O)COc1ccc(C(C)C)c(C(F)(F)F)c1.CCC(O)COc1ccc(C(C)C)c(C(F)F)c1.CCC(O)COc1ccc(C(C)C)cc1.CCC(O)COc1cccc(C(C)C)c1.CCC(O)COc1ccccc1C(C)C. The zero-order valence-corrected chi connectivity index (χ0v) is 89.4. The number of para-hydroxylation sites is 1. The predicted molar refractivity (Wildman–Crippen MR) is 560 cm³/mol. The molecular weight excluding hydrogens is 1850 g/mol. The third-order valence-corrected chi connectivity index (χ3v) is 24.8. The highest BCUT2D eigenvalue weighted by atomic mass is 19.4. The molecule has 5 atom stereocenters. The molecule has 5 unspecified atom stereocenters. The highest BCUT2D eigenvalue weighted by Crippen LogP contribution is 2.41. The van der Waals surface area contributed by atoms with E-state index in [2.05, 4.69) is 119 Å². The van der Waals surface area contributed by atoms with Gasteiger partial charge in [0.05, 0.1) is 41.6 Å². The number of aliphatic hydroxyl groups is 5. The van der Waals surface area contributed by atoms with Crippen LogP contribution in [-0.2, 0) is 12.4 Å². The number of alkyl halides is 10. The molecule has 0 bridgehead atoms. The normalized spacial score (nSPS) is 14.7. The van der Waals surface area contributed by atoms with Gasteiger partial charge >= 0.3 is 12.4 Å². The van der Waals surface area contributed by atoms with Crippen molar-refractivity contribution in [1.82, 2.24) is 14.7 Å². The highest BCUT2D eigenvalue weighted by Gasteiger charge is 2.36. The Labute approximate surface area is 850 Å². The number of piperidine rings is 3. The van der Waals surface area contributed by atoms with Gasteiger partial charge < -0.3 is 63.4 Å². The average molecular weight is 2020 g/mol. The van der Waals surface area contributed by atoms with E-state index < -0.39 is 48.5 Å². The van der Waals surface area contributed by atoms with Crippen LogP contribution in [-0.4, -0.2) is 183 Å². The average Bonchev–Trinajstić information content (AvgIpc) is 0.815. The molecule has 3 aliphatic heterocycles. The van der Waals surface area contributed by atoms with Gasteiger partial charge in [-0.3, -0.25) is 14.7 Å². The molecule has 5 N–H and O–H groups in total. The van der Waals surface area contributed by atoms with Crippen molar-refractivity contribution in [3.63, 3.8) is 0 Å². The summed E-state index contributed by atoms with van der Waals surface area (Å²) in [5.41, 5.74) is 5.86. The lowest BCUT2D eigenvalue weighted by atomic mass is 9.96. The molecule has 26 heteroatoms. The summed E-state index contributed by atoms with van der Waals surface area (Å²) in [5.74, 6) is 7.05. The minimum atomic E-state index is -4.40. The minimum Gasteiger partial charge on any atom is -0.492 e. The molecule has 3 aliphatic rings. The molecule has 8 aromatic carbocycles. The number of ether oxygens (including phenoxy) is 8. The van der Waals surface area contributed by atoms with Crippen LogP contribution in [0.4, 0.5) is 43.9 Å². The Bertz CT molecular complexity index is 4690. The molecule has 0 radical (unpaired) electrons. The molecule has 8 aromatic rings. The summed E-state index contributed by atoms with van der Waals surface area (Å²) in [6, 6.07) is 50.2. The van der Waals surface area contributed by atoms with E-state index in [0.717, 1.165) is 107 Å². The van der Waals surface area contributed by atoms with Crippen LogP contribution >= 0.6 is 0 Å². The van der Waals surface area contributed by atoms with Gasteiger partial charge in [0.1, 0.15) is 98.9 Å². The molecule has 0 aliphatic carbocycles. The molecule has 143 heavy (non-hydrogen) atoms. The number of hydrogen-bond donors (Lipinski definition) is 5. The van der Waals surface area contributed by atoms with E-state index in [1.807, 2.05) is 104 Å². The zero-order chi connectivity index (χ0) is 106. The molecule has 3 heterocycles. The van der Waals surface area contributed by atoms with E-state index >= 15 is 0 Å². The van der Waals surface area contributed by atoms with E-state index in [0.29, 0.717) is 103 Å². The number of benzene rings is 8. The first-order valence-corrected chi connectivity index (χ1v) is 52.1. The Morgan fingerprint density at radius 3 is 0.909 bits per heavy atom. The molecule has 0 saturated carbocycles. The van der Waals surface area contributed by atoms with E-state index in [4.69, 9.17) is 37.9 Å². The second kappa shape index (κ2) is 68.6. The molecular formula is C117H173F10N3O13. The van der Waals surface area contributed by atoms with Gasteiger partial charge in [0, 0.05) is 30.8 Å². The smallest absolute Gasteiger partial charge is 0.416 e. The van der Waals surface area contributed by atoms with Gasteiger partial charge in [-0.15, -0.1) is 0 Å². The fraction of sp³-hybridized carbons (Fsp3) is 0.590. The third-order valence-electron chi connectivity index (χ3n) is 24.8. The summed E-state index contributed by atoms with van der Waals surface area (Å²) in [5, 5.41) is 46.8. The Balaban J connectivity index is 0.000000342. The second-order valence-electron chi connectivity index (χ2n) is 39.3. The van der Waals surface area contributed by atoms with Crippen LogP contribution in [0.1, 0.15) is 362 Å². The second-order valence-corrected chi connectivity index (χ2v) is 39.3. The highest BCUT2D eigenvalue weighted by molar-refractivity contribution is 5.43. The summed E-state index contributed by atoms with van der Waals surface area (Å²) >= 11 is 0. The van der Waals surface area contributed by atoms with Crippen LogP contribution in [0.25, 0.3) is 0 Å². The van der Waals surface area contributed by atoms with Gasteiger partial charge in [-0.05, 0) is 305 Å². The lowest BCUT2D eigenvalue weighted by Gasteiger charge is -2.26. The Kier molecular flexibility index (Phi) is 60.6. The van der Waals surface area contributed by atoms with E-state index in [1.165, 1.54) is 130 Å². The van der Waals surface area contributed by atoms with Crippen LogP contribution in [0.2, 0.25) is 0 Å².